The normalized spacial score (nSPS) is 15.8. The van der Waals surface area contributed by atoms with Gasteiger partial charge in [0.05, 0.1) is 16.6 Å². The van der Waals surface area contributed by atoms with E-state index in [-0.39, 0.29) is 22.6 Å². The van der Waals surface area contributed by atoms with Crippen molar-refractivity contribution in [3.63, 3.8) is 0 Å². The van der Waals surface area contributed by atoms with Gasteiger partial charge in [-0.25, -0.2) is 0 Å². The third-order valence-corrected chi connectivity index (χ3v) is 4.99. The third kappa shape index (κ3) is 6.50. The number of hydrogen-bond donors (Lipinski definition) is 1. The van der Waals surface area contributed by atoms with E-state index < -0.39 is 10.6 Å². The van der Waals surface area contributed by atoms with Gasteiger partial charge in [-0.1, -0.05) is 30.9 Å². The molecule has 0 spiro atoms. The van der Waals surface area contributed by atoms with Gasteiger partial charge in [-0.3, -0.25) is 19.7 Å². The van der Waals surface area contributed by atoms with Crippen LogP contribution in [0.1, 0.15) is 68.6 Å². The highest BCUT2D eigenvalue weighted by Gasteiger charge is 2.21. The molecule has 7 nitrogen and oxygen atoms in total. The van der Waals surface area contributed by atoms with Crippen LogP contribution in [-0.2, 0) is 4.79 Å². The van der Waals surface area contributed by atoms with Crippen LogP contribution in [0.15, 0.2) is 12.1 Å². The molecule has 1 unspecified atom stereocenters. The second-order valence-electron chi connectivity index (χ2n) is 6.94. The number of amides is 1. The molecule has 1 aliphatic rings. The lowest BCUT2D eigenvalue weighted by atomic mass is 9.95. The topological polar surface area (TPSA) is 98.5 Å². The van der Waals surface area contributed by atoms with Crippen LogP contribution in [0.4, 0.5) is 5.69 Å². The summed E-state index contributed by atoms with van der Waals surface area (Å²) in [6.07, 6.45) is 7.64. The quantitative estimate of drug-likeness (QED) is 0.377. The molecular weight excluding hydrogens is 372 g/mol. The summed E-state index contributed by atoms with van der Waals surface area (Å²) in [5.74, 6) is 0.363. The standard InChI is InChI=1S/C19H25ClN2O5/c1-13(6-5-9-18(24)21-15-7-3-2-4-8-15)27-16-10-14(12-23)19(22(25)26)17(20)11-16/h10-13,15H,2-9H2,1H3,(H,21,24). The number of nitro groups is 1. The SMILES string of the molecule is CC(CCCC(=O)NC1CCCCC1)Oc1cc(Cl)c([N+](=O)[O-])c(C=O)c1. The monoisotopic (exact) mass is 396 g/mol. The fraction of sp³-hybridized carbons (Fsp3) is 0.579. The zero-order valence-electron chi connectivity index (χ0n) is 15.4. The van der Waals surface area contributed by atoms with Crippen molar-refractivity contribution in [2.24, 2.45) is 0 Å². The first-order valence-electron chi connectivity index (χ1n) is 9.30. The molecule has 1 saturated carbocycles. The van der Waals surface area contributed by atoms with Crippen molar-refractivity contribution in [1.82, 2.24) is 5.32 Å². The Morgan fingerprint density at radius 1 is 1.41 bits per heavy atom. The number of carbonyl (C=O) groups excluding carboxylic acids is 2. The van der Waals surface area contributed by atoms with Gasteiger partial charge in [0.2, 0.25) is 5.91 Å². The second-order valence-corrected chi connectivity index (χ2v) is 7.35. The Morgan fingerprint density at radius 2 is 2.11 bits per heavy atom. The van der Waals surface area contributed by atoms with E-state index in [9.17, 15) is 19.7 Å². The van der Waals surface area contributed by atoms with Crippen LogP contribution in [0.25, 0.3) is 0 Å². The van der Waals surface area contributed by atoms with Gasteiger partial charge in [-0.2, -0.15) is 0 Å². The van der Waals surface area contributed by atoms with E-state index in [1.807, 2.05) is 6.92 Å². The van der Waals surface area contributed by atoms with E-state index in [2.05, 4.69) is 5.32 Å². The van der Waals surface area contributed by atoms with Crippen LogP contribution in [-0.4, -0.2) is 29.3 Å². The van der Waals surface area contributed by atoms with Crippen molar-refractivity contribution < 1.29 is 19.2 Å². The fourth-order valence-corrected chi connectivity index (χ4v) is 3.62. The molecule has 1 aromatic rings. The highest BCUT2D eigenvalue weighted by atomic mass is 35.5. The number of carbonyl (C=O) groups is 2. The maximum absolute atomic E-state index is 12.0. The highest BCUT2D eigenvalue weighted by Crippen LogP contribution is 2.32. The summed E-state index contributed by atoms with van der Waals surface area (Å²) < 4.78 is 5.71. The van der Waals surface area contributed by atoms with Gasteiger partial charge >= 0.3 is 0 Å². The van der Waals surface area contributed by atoms with Gasteiger partial charge in [0.15, 0.2) is 6.29 Å². The van der Waals surface area contributed by atoms with Crippen LogP contribution in [0.3, 0.4) is 0 Å². The van der Waals surface area contributed by atoms with Crippen LogP contribution in [0.2, 0.25) is 5.02 Å². The summed E-state index contributed by atoms with van der Waals surface area (Å²) in [6, 6.07) is 2.95. The number of ether oxygens (including phenoxy) is 1. The van der Waals surface area contributed by atoms with Crippen molar-refractivity contribution in [1.29, 1.82) is 0 Å². The summed E-state index contributed by atoms with van der Waals surface area (Å²) >= 11 is 5.90. The fourth-order valence-electron chi connectivity index (χ4n) is 3.33. The van der Waals surface area contributed by atoms with Crippen LogP contribution < -0.4 is 10.1 Å². The molecule has 1 aromatic carbocycles. The number of nitrogens with one attached hydrogen (secondary N) is 1. The molecule has 27 heavy (non-hydrogen) atoms. The van der Waals surface area contributed by atoms with Gasteiger partial charge in [0.25, 0.3) is 5.69 Å². The van der Waals surface area contributed by atoms with Gasteiger partial charge in [-0.15, -0.1) is 0 Å². The van der Waals surface area contributed by atoms with E-state index in [0.29, 0.717) is 37.3 Å². The Hall–Kier alpha value is -2.15. The molecular formula is C19H25ClN2O5. The number of benzene rings is 1. The third-order valence-electron chi connectivity index (χ3n) is 4.70. The maximum atomic E-state index is 12.0. The predicted octanol–water partition coefficient (Wildman–Crippen LogP) is 4.45. The molecule has 1 aliphatic carbocycles. The van der Waals surface area contributed by atoms with Crippen molar-refractivity contribution in [3.05, 3.63) is 32.8 Å². The summed E-state index contributed by atoms with van der Waals surface area (Å²) in [4.78, 5) is 33.4. The van der Waals surface area contributed by atoms with Crippen molar-refractivity contribution in [2.75, 3.05) is 0 Å². The Bertz CT molecular complexity index is 689. The lowest BCUT2D eigenvalue weighted by Gasteiger charge is -2.22. The van der Waals surface area contributed by atoms with Gasteiger partial charge < -0.3 is 10.1 Å². The highest BCUT2D eigenvalue weighted by molar-refractivity contribution is 6.33. The first-order chi connectivity index (χ1) is 12.9. The molecule has 0 saturated heterocycles. The minimum Gasteiger partial charge on any atom is -0.491 e. The first kappa shape index (κ1) is 21.2. The molecule has 1 fully saturated rings. The molecule has 0 aliphatic heterocycles. The van der Waals surface area contributed by atoms with Crippen LogP contribution in [0.5, 0.6) is 5.75 Å². The number of hydrogen-bond acceptors (Lipinski definition) is 5. The summed E-state index contributed by atoms with van der Waals surface area (Å²) in [7, 11) is 0. The molecule has 0 radical (unpaired) electrons. The zero-order chi connectivity index (χ0) is 19.8. The van der Waals surface area contributed by atoms with Crippen molar-refractivity contribution in [2.45, 2.75) is 70.4 Å². The molecule has 148 valence electrons. The summed E-state index contributed by atoms with van der Waals surface area (Å²) in [5, 5.41) is 13.9. The Morgan fingerprint density at radius 3 is 2.74 bits per heavy atom. The molecule has 0 aromatic heterocycles. The van der Waals surface area contributed by atoms with Gasteiger partial charge in [-0.05, 0) is 38.7 Å². The molecule has 1 amide bonds. The zero-order valence-corrected chi connectivity index (χ0v) is 16.2. The Balaban J connectivity index is 1.80. The molecule has 0 bridgehead atoms. The largest absolute Gasteiger partial charge is 0.491 e. The minimum absolute atomic E-state index is 0.0655. The molecule has 1 N–H and O–H groups in total. The number of nitrogens with zero attached hydrogens (tertiary/aromatic N) is 1. The van der Waals surface area contributed by atoms with Crippen molar-refractivity contribution in [3.8, 4) is 5.75 Å². The number of nitro benzene ring substituents is 1. The van der Waals surface area contributed by atoms with E-state index in [1.54, 1.807) is 0 Å². The van der Waals surface area contributed by atoms with Gasteiger partial charge in [0.1, 0.15) is 10.8 Å². The van der Waals surface area contributed by atoms with E-state index in [4.69, 9.17) is 16.3 Å². The van der Waals surface area contributed by atoms with E-state index in [1.165, 1.54) is 31.4 Å². The average Bonchev–Trinajstić information content (AvgIpc) is 2.61. The molecule has 8 heteroatoms. The van der Waals surface area contributed by atoms with Crippen LogP contribution >= 0.6 is 11.6 Å². The van der Waals surface area contributed by atoms with Gasteiger partial charge in [0, 0.05) is 18.5 Å². The number of aldehydes is 1. The maximum Gasteiger partial charge on any atom is 0.298 e. The Labute approximate surface area is 163 Å². The van der Waals surface area contributed by atoms with E-state index >= 15 is 0 Å². The smallest absolute Gasteiger partial charge is 0.298 e. The molecule has 0 heterocycles. The first-order valence-corrected chi connectivity index (χ1v) is 9.67. The van der Waals surface area contributed by atoms with E-state index in [0.717, 1.165) is 12.8 Å². The van der Waals surface area contributed by atoms with Crippen molar-refractivity contribution >= 4 is 29.5 Å². The second kappa shape index (κ2) is 10.3. The van der Waals surface area contributed by atoms with Crippen LogP contribution in [0, 0.1) is 10.1 Å². The lowest BCUT2D eigenvalue weighted by Crippen LogP contribution is -2.36. The number of halogens is 1. The summed E-state index contributed by atoms with van der Waals surface area (Å²) in [5.41, 5.74) is -0.549. The number of rotatable bonds is 9. The summed E-state index contributed by atoms with van der Waals surface area (Å²) in [6.45, 7) is 1.84. The predicted molar refractivity (Wildman–Crippen MR) is 102 cm³/mol. The average molecular weight is 397 g/mol. The lowest BCUT2D eigenvalue weighted by molar-refractivity contribution is -0.384. The molecule has 2 rings (SSSR count). The Kier molecular flexibility index (Phi) is 8.03. The molecule has 1 atom stereocenters. The minimum atomic E-state index is -0.690.